The van der Waals surface area contributed by atoms with Gasteiger partial charge in [0.05, 0.1) is 11.1 Å². The zero-order valence-electron chi connectivity index (χ0n) is 15.5. The van der Waals surface area contributed by atoms with Gasteiger partial charge in [-0.05, 0) is 38.1 Å². The number of hydrogen-bond acceptors (Lipinski definition) is 6. The summed E-state index contributed by atoms with van der Waals surface area (Å²) in [4.78, 5) is 48.7. The van der Waals surface area contributed by atoms with Crippen LogP contribution in [-0.2, 0) is 19.1 Å². The Morgan fingerprint density at radius 2 is 1.29 bits per heavy atom. The Kier molecular flexibility index (Phi) is 7.45. The monoisotopic (exact) mass is 383 g/mol. The van der Waals surface area contributed by atoms with Gasteiger partial charge in [-0.1, -0.05) is 36.4 Å². The fraction of sp³-hybridized carbons (Fsp3) is 0.238. The lowest BCUT2D eigenvalue weighted by molar-refractivity contribution is -0.141. The van der Waals surface area contributed by atoms with E-state index in [0.29, 0.717) is 0 Å². The summed E-state index contributed by atoms with van der Waals surface area (Å²) in [5, 5.41) is 2.56. The zero-order chi connectivity index (χ0) is 20.5. The highest BCUT2D eigenvalue weighted by atomic mass is 16.6. The van der Waals surface area contributed by atoms with Crippen LogP contribution in [0.25, 0.3) is 0 Å². The Hall–Kier alpha value is -3.48. The van der Waals surface area contributed by atoms with E-state index in [1.54, 1.807) is 50.2 Å². The lowest BCUT2D eigenvalue weighted by Gasteiger charge is -2.23. The predicted octanol–water partition coefficient (Wildman–Crippen LogP) is 2.16. The van der Waals surface area contributed by atoms with Crippen LogP contribution in [0.2, 0.25) is 0 Å². The van der Waals surface area contributed by atoms with Crippen molar-refractivity contribution < 1.29 is 28.7 Å². The fourth-order valence-electron chi connectivity index (χ4n) is 2.32. The number of carbonyl (C=O) groups excluding carboxylic acids is 4. The lowest BCUT2D eigenvalue weighted by Crippen LogP contribution is -2.49. The van der Waals surface area contributed by atoms with E-state index in [1.807, 2.05) is 0 Å². The van der Waals surface area contributed by atoms with Crippen molar-refractivity contribution in [3.05, 3.63) is 71.8 Å². The molecule has 0 aliphatic rings. The number of carbonyl (C=O) groups is 4. The van der Waals surface area contributed by atoms with Gasteiger partial charge in [0.1, 0.15) is 0 Å². The molecule has 2 rings (SSSR count). The number of hydrogen-bond donors (Lipinski definition) is 1. The normalized spacial score (nSPS) is 12.5. The van der Waals surface area contributed by atoms with Crippen molar-refractivity contribution in [2.24, 2.45) is 0 Å². The molecular weight excluding hydrogens is 362 g/mol. The summed E-state index contributed by atoms with van der Waals surface area (Å²) in [6.45, 7) is 3.42. The van der Waals surface area contributed by atoms with Crippen LogP contribution in [0.3, 0.4) is 0 Å². The van der Waals surface area contributed by atoms with E-state index in [9.17, 15) is 19.2 Å². The van der Waals surface area contributed by atoms with Crippen LogP contribution >= 0.6 is 0 Å². The molecule has 2 aromatic rings. The summed E-state index contributed by atoms with van der Waals surface area (Å²) in [5.41, 5.74) is 0.399. The van der Waals surface area contributed by atoms with Crippen molar-refractivity contribution in [1.29, 1.82) is 0 Å². The molecule has 0 aromatic heterocycles. The molecule has 1 N–H and O–H groups in total. The summed E-state index contributed by atoms with van der Waals surface area (Å²) in [7, 11) is 0. The van der Waals surface area contributed by atoms with Gasteiger partial charge in [-0.3, -0.25) is 9.59 Å². The largest absolute Gasteiger partial charge is 0.446 e. The first-order valence-electron chi connectivity index (χ1n) is 8.70. The van der Waals surface area contributed by atoms with E-state index in [2.05, 4.69) is 5.32 Å². The molecule has 7 nitrogen and oxygen atoms in total. The second-order valence-electron chi connectivity index (χ2n) is 6.23. The minimum Gasteiger partial charge on any atom is -0.446 e. The van der Waals surface area contributed by atoms with Crippen molar-refractivity contribution >= 4 is 24.1 Å². The van der Waals surface area contributed by atoms with Crippen LogP contribution in [0.5, 0.6) is 0 Å². The molecule has 0 saturated carbocycles. The summed E-state index contributed by atoms with van der Waals surface area (Å²) < 4.78 is 10.4. The summed E-state index contributed by atoms with van der Waals surface area (Å²) in [5.74, 6) is -2.36. The Morgan fingerprint density at radius 1 is 0.821 bits per heavy atom. The topological polar surface area (TPSA) is 98.8 Å². The molecule has 146 valence electrons. The third-order valence-electron chi connectivity index (χ3n) is 3.62. The molecule has 0 saturated heterocycles. The summed E-state index contributed by atoms with van der Waals surface area (Å²) in [6.07, 6.45) is -2.96. The molecule has 2 unspecified atom stereocenters. The molecule has 0 spiro atoms. The van der Waals surface area contributed by atoms with Gasteiger partial charge in [-0.2, -0.15) is 0 Å². The molecular formula is C21H21NO6. The molecule has 0 heterocycles. The molecule has 7 heteroatoms. The molecule has 0 bridgehead atoms. The highest BCUT2D eigenvalue weighted by Crippen LogP contribution is 2.12. The van der Waals surface area contributed by atoms with Crippen LogP contribution in [0.1, 0.15) is 34.6 Å². The van der Waals surface area contributed by atoms with Crippen molar-refractivity contribution in [1.82, 2.24) is 5.32 Å². The van der Waals surface area contributed by atoms with E-state index >= 15 is 0 Å². The number of ether oxygens (including phenoxy) is 2. The van der Waals surface area contributed by atoms with E-state index in [-0.39, 0.29) is 23.5 Å². The molecule has 0 fully saturated rings. The Balaban J connectivity index is 2.22. The number of nitrogens with one attached hydrogen (secondary N) is 1. The molecule has 0 aliphatic heterocycles. The quantitative estimate of drug-likeness (QED) is 0.554. The maximum Gasteiger partial charge on any atom is 0.339 e. The molecule has 2 aromatic carbocycles. The number of aldehydes is 1. The first-order valence-corrected chi connectivity index (χ1v) is 8.70. The van der Waals surface area contributed by atoms with Gasteiger partial charge in [-0.15, -0.1) is 0 Å². The Morgan fingerprint density at radius 3 is 1.71 bits per heavy atom. The third kappa shape index (κ3) is 5.77. The van der Waals surface area contributed by atoms with Crippen LogP contribution in [0, 0.1) is 0 Å². The number of esters is 2. The maximum atomic E-state index is 12.5. The van der Waals surface area contributed by atoms with Gasteiger partial charge in [0.25, 0.3) is 5.91 Å². The third-order valence-corrected chi connectivity index (χ3v) is 3.62. The average molecular weight is 383 g/mol. The first-order chi connectivity index (χ1) is 13.4. The predicted molar refractivity (Wildman–Crippen MR) is 101 cm³/mol. The van der Waals surface area contributed by atoms with E-state index < -0.39 is 30.1 Å². The molecule has 28 heavy (non-hydrogen) atoms. The van der Waals surface area contributed by atoms with Crippen LogP contribution in [0.15, 0.2) is 60.7 Å². The van der Waals surface area contributed by atoms with Gasteiger partial charge < -0.3 is 14.8 Å². The van der Waals surface area contributed by atoms with Gasteiger partial charge >= 0.3 is 11.9 Å². The minimum atomic E-state index is -1.62. The minimum absolute atomic E-state index is 0.198. The fourth-order valence-corrected chi connectivity index (χ4v) is 2.32. The van der Waals surface area contributed by atoms with Gasteiger partial charge in [0.15, 0.2) is 6.29 Å². The Labute approximate surface area is 162 Å². The van der Waals surface area contributed by atoms with Crippen LogP contribution in [0.4, 0.5) is 0 Å². The second-order valence-corrected chi connectivity index (χ2v) is 6.23. The van der Waals surface area contributed by atoms with E-state index in [0.717, 1.165) is 0 Å². The highest BCUT2D eigenvalue weighted by Gasteiger charge is 2.35. The number of benzene rings is 2. The van der Waals surface area contributed by atoms with E-state index in [4.69, 9.17) is 9.47 Å². The molecule has 2 atom stereocenters. The maximum absolute atomic E-state index is 12.5. The van der Waals surface area contributed by atoms with E-state index in [1.165, 1.54) is 24.3 Å². The zero-order valence-corrected chi connectivity index (χ0v) is 15.5. The van der Waals surface area contributed by atoms with Crippen LogP contribution < -0.4 is 5.32 Å². The van der Waals surface area contributed by atoms with Crippen LogP contribution in [-0.4, -0.2) is 42.4 Å². The smallest absolute Gasteiger partial charge is 0.339 e. The first kappa shape index (κ1) is 20.8. The number of amides is 1. The summed E-state index contributed by atoms with van der Waals surface area (Å²) >= 11 is 0. The Bertz CT molecular complexity index is 819. The standard InChI is InChI=1S/C21H21NO6/c1-14(2)22-19(24)18(28-21(26)16-11-7-4-8-12-16)17(13-23)27-20(25)15-9-5-3-6-10-15/h3-14,17-18H,1-2H3,(H,22,24). The molecule has 0 aliphatic carbocycles. The average Bonchev–Trinajstić information content (AvgIpc) is 2.70. The van der Waals surface area contributed by atoms with Crippen molar-refractivity contribution in [3.63, 3.8) is 0 Å². The lowest BCUT2D eigenvalue weighted by atomic mass is 10.1. The molecule has 1 amide bonds. The van der Waals surface area contributed by atoms with Crippen molar-refractivity contribution in [2.45, 2.75) is 32.1 Å². The van der Waals surface area contributed by atoms with Crippen molar-refractivity contribution in [2.75, 3.05) is 0 Å². The summed E-state index contributed by atoms with van der Waals surface area (Å²) in [6, 6.07) is 15.7. The number of rotatable bonds is 8. The van der Waals surface area contributed by atoms with Gasteiger partial charge in [0.2, 0.25) is 12.2 Å². The van der Waals surface area contributed by atoms with Crippen molar-refractivity contribution in [3.8, 4) is 0 Å². The molecule has 0 radical (unpaired) electrons. The van der Waals surface area contributed by atoms with Gasteiger partial charge in [-0.25, -0.2) is 9.59 Å². The highest BCUT2D eigenvalue weighted by molar-refractivity contribution is 5.95. The SMILES string of the molecule is CC(C)NC(=O)C(OC(=O)c1ccccc1)C(C=O)OC(=O)c1ccccc1. The van der Waals surface area contributed by atoms with Gasteiger partial charge in [0, 0.05) is 6.04 Å². The second kappa shape index (κ2) is 10.0.